The lowest BCUT2D eigenvalue weighted by Gasteiger charge is -2.06. The average molecular weight is 309 g/mol. The van der Waals surface area contributed by atoms with Gasteiger partial charge in [0.15, 0.2) is 0 Å². The summed E-state index contributed by atoms with van der Waals surface area (Å²) in [6.07, 6.45) is 1.52. The van der Waals surface area contributed by atoms with E-state index in [2.05, 4.69) is 15.3 Å². The number of aromatic nitrogens is 2. The second kappa shape index (κ2) is 5.49. The molecule has 5 N–H and O–H groups in total. The number of sulfonamides is 1. The van der Waals surface area contributed by atoms with Crippen LogP contribution in [0, 0.1) is 0 Å². The predicted molar refractivity (Wildman–Crippen MR) is 79.0 cm³/mol. The monoisotopic (exact) mass is 309 g/mol. The van der Waals surface area contributed by atoms with E-state index in [0.717, 1.165) is 0 Å². The van der Waals surface area contributed by atoms with Crippen LogP contribution >= 0.6 is 12.2 Å². The van der Waals surface area contributed by atoms with Crippen molar-refractivity contribution in [1.82, 2.24) is 9.97 Å². The Morgan fingerprint density at radius 2 is 1.85 bits per heavy atom. The lowest BCUT2D eigenvalue weighted by molar-refractivity contribution is 0.598. The molecule has 0 radical (unpaired) electrons. The van der Waals surface area contributed by atoms with E-state index in [4.69, 9.17) is 23.1 Å². The van der Waals surface area contributed by atoms with E-state index in [1.807, 2.05) is 0 Å². The number of anilines is 2. The minimum absolute atomic E-state index is 0.0286. The Morgan fingerprint density at radius 1 is 1.20 bits per heavy atom. The van der Waals surface area contributed by atoms with Crippen molar-refractivity contribution in [2.45, 2.75) is 4.90 Å². The van der Waals surface area contributed by atoms with E-state index in [0.29, 0.717) is 17.3 Å². The zero-order chi connectivity index (χ0) is 14.8. The number of nitrogens with zero attached hydrogens (tertiary/aromatic N) is 2. The van der Waals surface area contributed by atoms with Gasteiger partial charge in [0.2, 0.25) is 16.0 Å². The Labute approximate surface area is 121 Å². The van der Waals surface area contributed by atoms with E-state index in [1.54, 1.807) is 18.2 Å². The number of nitrogens with two attached hydrogens (primary N) is 2. The minimum atomic E-state index is -3.70. The highest BCUT2D eigenvalue weighted by atomic mass is 32.2. The van der Waals surface area contributed by atoms with Crippen molar-refractivity contribution in [2.24, 2.45) is 10.9 Å². The Balaban J connectivity index is 2.22. The minimum Gasteiger partial charge on any atom is -0.388 e. The second-order valence-corrected chi connectivity index (χ2v) is 5.83. The molecule has 0 aliphatic rings. The number of benzene rings is 1. The molecule has 0 aliphatic carbocycles. The lowest BCUT2D eigenvalue weighted by Crippen LogP contribution is -2.13. The number of hydrogen-bond donors (Lipinski definition) is 3. The van der Waals surface area contributed by atoms with Gasteiger partial charge in [-0.2, -0.15) is 0 Å². The molecule has 1 aromatic carbocycles. The summed E-state index contributed by atoms with van der Waals surface area (Å²) in [5.74, 6) is 0.304. The average Bonchev–Trinajstić information content (AvgIpc) is 2.38. The van der Waals surface area contributed by atoms with Gasteiger partial charge in [-0.25, -0.2) is 23.5 Å². The fraction of sp³-hybridized carbons (Fsp3) is 0. The second-order valence-electron chi connectivity index (χ2n) is 3.82. The van der Waals surface area contributed by atoms with Crippen LogP contribution in [-0.4, -0.2) is 23.4 Å². The molecule has 0 aliphatic heterocycles. The number of primary sulfonamides is 1. The SMILES string of the molecule is NC(=S)c1ccnc(Nc2ccc(S(N)(=O)=O)cc2)n1. The third kappa shape index (κ3) is 3.47. The van der Waals surface area contributed by atoms with Gasteiger partial charge in [-0.3, -0.25) is 0 Å². The van der Waals surface area contributed by atoms with Crippen LogP contribution in [0.25, 0.3) is 0 Å². The lowest BCUT2D eigenvalue weighted by atomic mass is 10.3. The molecule has 0 saturated heterocycles. The van der Waals surface area contributed by atoms with Crippen molar-refractivity contribution in [2.75, 3.05) is 5.32 Å². The first kappa shape index (κ1) is 14.3. The maximum Gasteiger partial charge on any atom is 0.238 e. The van der Waals surface area contributed by atoms with Crippen molar-refractivity contribution in [3.63, 3.8) is 0 Å². The van der Waals surface area contributed by atoms with Crippen molar-refractivity contribution < 1.29 is 8.42 Å². The van der Waals surface area contributed by atoms with Crippen LogP contribution in [0.1, 0.15) is 5.69 Å². The van der Waals surface area contributed by atoms with Gasteiger partial charge in [-0.05, 0) is 30.3 Å². The molecule has 0 bridgehead atoms. The summed E-state index contributed by atoms with van der Waals surface area (Å²) in [6.45, 7) is 0. The van der Waals surface area contributed by atoms with Crippen LogP contribution in [-0.2, 0) is 10.0 Å². The molecule has 0 saturated carbocycles. The summed E-state index contributed by atoms with van der Waals surface area (Å²) in [5, 5.41) is 7.92. The molecule has 0 fully saturated rings. The quantitative estimate of drug-likeness (QED) is 0.702. The fourth-order valence-electron chi connectivity index (χ4n) is 1.41. The molecule has 0 atom stereocenters. The molecule has 7 nitrogen and oxygen atoms in total. The summed E-state index contributed by atoms with van der Waals surface area (Å²) in [6, 6.07) is 7.47. The number of thiocarbonyl (C=S) groups is 1. The van der Waals surface area contributed by atoms with Crippen molar-refractivity contribution in [3.8, 4) is 0 Å². The van der Waals surface area contributed by atoms with Crippen LogP contribution in [0.4, 0.5) is 11.6 Å². The van der Waals surface area contributed by atoms with E-state index in [1.165, 1.54) is 18.3 Å². The summed E-state index contributed by atoms with van der Waals surface area (Å²) >= 11 is 4.82. The van der Waals surface area contributed by atoms with Crippen LogP contribution in [0.2, 0.25) is 0 Å². The highest BCUT2D eigenvalue weighted by Gasteiger charge is 2.07. The largest absolute Gasteiger partial charge is 0.388 e. The van der Waals surface area contributed by atoms with Gasteiger partial charge >= 0.3 is 0 Å². The zero-order valence-corrected chi connectivity index (χ0v) is 11.8. The topological polar surface area (TPSA) is 124 Å². The Morgan fingerprint density at radius 3 is 2.40 bits per heavy atom. The molecule has 1 heterocycles. The van der Waals surface area contributed by atoms with Crippen molar-refractivity contribution >= 4 is 38.9 Å². The van der Waals surface area contributed by atoms with Gasteiger partial charge in [0.05, 0.1) is 4.90 Å². The summed E-state index contributed by atoms with van der Waals surface area (Å²) in [5.41, 5.74) is 6.53. The molecule has 2 aromatic rings. The first-order valence-corrected chi connectivity index (χ1v) is 7.34. The molecule has 0 amide bonds. The molecular formula is C11H11N5O2S2. The van der Waals surface area contributed by atoms with Crippen LogP contribution in [0.3, 0.4) is 0 Å². The molecule has 20 heavy (non-hydrogen) atoms. The Hall–Kier alpha value is -2.10. The Kier molecular flexibility index (Phi) is 3.93. The predicted octanol–water partition coefficient (Wildman–Crippen LogP) is 0.502. The number of nitrogens with one attached hydrogen (secondary N) is 1. The summed E-state index contributed by atoms with van der Waals surface area (Å²) in [4.78, 5) is 8.31. The molecule has 0 unspecified atom stereocenters. The van der Waals surface area contributed by atoms with Crippen molar-refractivity contribution in [1.29, 1.82) is 0 Å². The van der Waals surface area contributed by atoms with E-state index >= 15 is 0 Å². The molecule has 104 valence electrons. The Bertz CT molecular complexity index is 744. The highest BCUT2D eigenvalue weighted by molar-refractivity contribution is 7.89. The van der Waals surface area contributed by atoms with Crippen molar-refractivity contribution in [3.05, 3.63) is 42.2 Å². The number of rotatable bonds is 4. The van der Waals surface area contributed by atoms with Crippen LogP contribution < -0.4 is 16.2 Å². The maximum atomic E-state index is 11.1. The normalized spacial score (nSPS) is 11.1. The summed E-state index contributed by atoms with van der Waals surface area (Å²) in [7, 11) is -3.70. The van der Waals surface area contributed by atoms with Crippen LogP contribution in [0.15, 0.2) is 41.4 Å². The van der Waals surface area contributed by atoms with Gasteiger partial charge in [-0.1, -0.05) is 12.2 Å². The molecule has 1 aromatic heterocycles. The first-order chi connectivity index (χ1) is 9.36. The van der Waals surface area contributed by atoms with Gasteiger partial charge < -0.3 is 11.1 Å². The van der Waals surface area contributed by atoms with Gasteiger partial charge in [0.1, 0.15) is 10.7 Å². The first-order valence-electron chi connectivity index (χ1n) is 5.39. The molecule has 0 spiro atoms. The van der Waals surface area contributed by atoms with E-state index in [9.17, 15) is 8.42 Å². The van der Waals surface area contributed by atoms with E-state index < -0.39 is 10.0 Å². The van der Waals surface area contributed by atoms with E-state index in [-0.39, 0.29) is 9.88 Å². The number of hydrogen-bond acceptors (Lipinski definition) is 6. The smallest absolute Gasteiger partial charge is 0.238 e. The zero-order valence-electron chi connectivity index (χ0n) is 10.1. The maximum absolute atomic E-state index is 11.1. The molecular weight excluding hydrogens is 298 g/mol. The highest BCUT2D eigenvalue weighted by Crippen LogP contribution is 2.15. The third-order valence-corrected chi connectivity index (χ3v) is 3.49. The molecule has 9 heteroatoms. The standard InChI is InChI=1S/C11H11N5O2S2/c12-10(19)9-5-6-14-11(16-9)15-7-1-3-8(4-2-7)20(13,17)18/h1-6H,(H2,12,19)(H2,13,17,18)(H,14,15,16). The van der Waals surface area contributed by atoms with Gasteiger partial charge in [0.25, 0.3) is 0 Å². The fourth-order valence-corrected chi connectivity index (χ4v) is 2.04. The van der Waals surface area contributed by atoms with Gasteiger partial charge in [-0.15, -0.1) is 0 Å². The van der Waals surface area contributed by atoms with Crippen LogP contribution in [0.5, 0.6) is 0 Å². The molecule has 2 rings (SSSR count). The summed E-state index contributed by atoms with van der Waals surface area (Å²) < 4.78 is 22.3. The third-order valence-electron chi connectivity index (χ3n) is 2.35. The van der Waals surface area contributed by atoms with Gasteiger partial charge in [0, 0.05) is 11.9 Å².